The van der Waals surface area contributed by atoms with Crippen molar-refractivity contribution in [1.82, 2.24) is 0 Å². The van der Waals surface area contributed by atoms with Crippen molar-refractivity contribution in [3.05, 3.63) is 0 Å². The Bertz CT molecular complexity index is 154. The summed E-state index contributed by atoms with van der Waals surface area (Å²) in [6.07, 6.45) is 0.656. The van der Waals surface area contributed by atoms with Crippen molar-refractivity contribution in [3.8, 4) is 0 Å². The fourth-order valence-corrected chi connectivity index (χ4v) is 1.47. The molecule has 0 aromatic carbocycles. The van der Waals surface area contributed by atoms with Crippen LogP contribution < -0.4 is 0 Å². The summed E-state index contributed by atoms with van der Waals surface area (Å²) in [4.78, 5) is 0. The first-order valence-electron chi connectivity index (χ1n) is 4.07. The number of hydrogen-bond acceptors (Lipinski definition) is 2. The van der Waals surface area contributed by atoms with E-state index in [0.717, 1.165) is 19.6 Å². The van der Waals surface area contributed by atoms with Gasteiger partial charge in [0.15, 0.2) is 5.67 Å². The first kappa shape index (κ1) is 7.50. The van der Waals surface area contributed by atoms with Crippen LogP contribution in [0.15, 0.2) is 0 Å². The maximum atomic E-state index is 13.2. The van der Waals surface area contributed by atoms with E-state index in [1.165, 1.54) is 0 Å². The van der Waals surface area contributed by atoms with E-state index in [4.69, 9.17) is 9.47 Å². The van der Waals surface area contributed by atoms with Crippen LogP contribution in [0.4, 0.5) is 4.39 Å². The highest BCUT2D eigenvalue weighted by molar-refractivity contribution is 4.93. The second-order valence-electron chi connectivity index (χ2n) is 3.72. The summed E-state index contributed by atoms with van der Waals surface area (Å²) in [6, 6.07) is 0. The molecule has 64 valence electrons. The lowest BCUT2D eigenvalue weighted by Gasteiger charge is -2.43. The van der Waals surface area contributed by atoms with Crippen molar-refractivity contribution < 1.29 is 13.9 Å². The SMILES string of the molecule is C[C@]1(F)COC1CC1COC1. The van der Waals surface area contributed by atoms with E-state index < -0.39 is 5.67 Å². The Kier molecular flexibility index (Phi) is 1.65. The Labute approximate surface area is 65.7 Å². The van der Waals surface area contributed by atoms with Gasteiger partial charge in [-0.3, -0.25) is 0 Å². The summed E-state index contributed by atoms with van der Waals surface area (Å²) in [6.45, 7) is 3.46. The molecule has 0 amide bonds. The molecule has 2 atom stereocenters. The van der Waals surface area contributed by atoms with Crippen LogP contribution in [0, 0.1) is 5.92 Å². The molecule has 2 aliphatic rings. The molecular formula is C8H13FO2. The summed E-state index contributed by atoms with van der Waals surface area (Å²) >= 11 is 0. The van der Waals surface area contributed by atoms with Crippen LogP contribution in [0.25, 0.3) is 0 Å². The third kappa shape index (κ3) is 1.27. The molecule has 0 aromatic rings. The Hall–Kier alpha value is -0.150. The molecule has 2 rings (SSSR count). The molecule has 2 fully saturated rings. The van der Waals surface area contributed by atoms with Crippen molar-refractivity contribution >= 4 is 0 Å². The third-order valence-electron chi connectivity index (χ3n) is 2.49. The molecule has 2 heterocycles. The molecule has 2 saturated heterocycles. The van der Waals surface area contributed by atoms with Gasteiger partial charge in [-0.15, -0.1) is 0 Å². The number of rotatable bonds is 2. The molecule has 1 unspecified atom stereocenters. The predicted octanol–water partition coefficient (Wildman–Crippen LogP) is 1.15. The average Bonchev–Trinajstić information content (AvgIpc) is 1.83. The molecule has 0 saturated carbocycles. The number of halogens is 1. The van der Waals surface area contributed by atoms with Crippen molar-refractivity contribution in [3.63, 3.8) is 0 Å². The van der Waals surface area contributed by atoms with Gasteiger partial charge in [0.05, 0.1) is 25.9 Å². The zero-order valence-electron chi connectivity index (χ0n) is 6.68. The van der Waals surface area contributed by atoms with Crippen LogP contribution in [0.2, 0.25) is 0 Å². The fourth-order valence-electron chi connectivity index (χ4n) is 1.47. The Morgan fingerprint density at radius 3 is 2.55 bits per heavy atom. The topological polar surface area (TPSA) is 18.5 Å². The number of hydrogen-bond donors (Lipinski definition) is 0. The van der Waals surface area contributed by atoms with Gasteiger partial charge >= 0.3 is 0 Å². The van der Waals surface area contributed by atoms with Gasteiger partial charge in [0.2, 0.25) is 0 Å². The number of alkyl halides is 1. The second kappa shape index (κ2) is 2.42. The van der Waals surface area contributed by atoms with Crippen LogP contribution in [0.3, 0.4) is 0 Å². The summed E-state index contributed by atoms with van der Waals surface area (Å²) in [5, 5.41) is 0. The minimum absolute atomic E-state index is 0.170. The quantitative estimate of drug-likeness (QED) is 0.603. The van der Waals surface area contributed by atoms with Gasteiger partial charge < -0.3 is 9.47 Å². The van der Waals surface area contributed by atoms with E-state index in [1.54, 1.807) is 6.92 Å². The third-order valence-corrected chi connectivity index (χ3v) is 2.49. The second-order valence-corrected chi connectivity index (χ2v) is 3.72. The Morgan fingerprint density at radius 1 is 1.55 bits per heavy atom. The van der Waals surface area contributed by atoms with Gasteiger partial charge in [0.1, 0.15) is 0 Å². The van der Waals surface area contributed by atoms with Gasteiger partial charge in [-0.25, -0.2) is 4.39 Å². The molecule has 2 nitrogen and oxygen atoms in total. The molecule has 0 N–H and O–H groups in total. The maximum absolute atomic E-state index is 13.2. The highest BCUT2D eigenvalue weighted by Crippen LogP contribution is 2.35. The molecule has 0 aromatic heterocycles. The molecular weight excluding hydrogens is 147 g/mol. The summed E-state index contributed by atoms with van der Waals surface area (Å²) in [7, 11) is 0. The lowest BCUT2D eigenvalue weighted by Crippen LogP contribution is -2.54. The Balaban J connectivity index is 1.78. The lowest BCUT2D eigenvalue weighted by molar-refractivity contribution is -0.205. The average molecular weight is 160 g/mol. The van der Waals surface area contributed by atoms with Crippen LogP contribution in [-0.4, -0.2) is 31.6 Å². The predicted molar refractivity (Wildman–Crippen MR) is 38.2 cm³/mol. The van der Waals surface area contributed by atoms with Crippen molar-refractivity contribution in [2.75, 3.05) is 19.8 Å². The monoisotopic (exact) mass is 160 g/mol. The van der Waals surface area contributed by atoms with Crippen molar-refractivity contribution in [2.45, 2.75) is 25.1 Å². The van der Waals surface area contributed by atoms with Gasteiger partial charge in [0, 0.05) is 5.92 Å². The fraction of sp³-hybridized carbons (Fsp3) is 1.00. The van der Waals surface area contributed by atoms with Crippen molar-refractivity contribution in [2.24, 2.45) is 5.92 Å². The molecule has 11 heavy (non-hydrogen) atoms. The smallest absolute Gasteiger partial charge is 0.157 e. The van der Waals surface area contributed by atoms with E-state index in [1.807, 2.05) is 0 Å². The van der Waals surface area contributed by atoms with E-state index in [-0.39, 0.29) is 12.7 Å². The standard InChI is InChI=1S/C8H13FO2/c1-8(9)5-11-7(8)2-6-3-10-4-6/h6-7H,2-5H2,1H3/t7?,8-/m0/s1. The zero-order valence-corrected chi connectivity index (χ0v) is 6.68. The van der Waals surface area contributed by atoms with E-state index >= 15 is 0 Å². The maximum Gasteiger partial charge on any atom is 0.157 e. The Morgan fingerprint density at radius 2 is 2.27 bits per heavy atom. The molecule has 3 heteroatoms. The molecule has 0 spiro atoms. The normalized spacial score (nSPS) is 44.7. The van der Waals surface area contributed by atoms with Crippen LogP contribution in [0.1, 0.15) is 13.3 Å². The van der Waals surface area contributed by atoms with E-state index in [9.17, 15) is 4.39 Å². The van der Waals surface area contributed by atoms with Crippen LogP contribution in [0.5, 0.6) is 0 Å². The van der Waals surface area contributed by atoms with E-state index in [2.05, 4.69) is 0 Å². The lowest BCUT2D eigenvalue weighted by atomic mass is 9.87. The van der Waals surface area contributed by atoms with Gasteiger partial charge in [0.25, 0.3) is 0 Å². The highest BCUT2D eigenvalue weighted by Gasteiger charge is 2.46. The first-order chi connectivity index (χ1) is 5.18. The summed E-state index contributed by atoms with van der Waals surface area (Å²) < 4.78 is 23.3. The van der Waals surface area contributed by atoms with Gasteiger partial charge in [-0.2, -0.15) is 0 Å². The molecule has 0 bridgehead atoms. The largest absolute Gasteiger partial charge is 0.381 e. The zero-order chi connectivity index (χ0) is 7.90. The summed E-state index contributed by atoms with van der Waals surface area (Å²) in [5.74, 6) is 0.537. The summed E-state index contributed by atoms with van der Waals surface area (Å²) in [5.41, 5.74) is -1.07. The molecule has 2 aliphatic heterocycles. The minimum Gasteiger partial charge on any atom is -0.381 e. The number of ether oxygens (including phenoxy) is 2. The van der Waals surface area contributed by atoms with Gasteiger partial charge in [-0.1, -0.05) is 0 Å². The first-order valence-corrected chi connectivity index (χ1v) is 4.07. The molecule has 0 aliphatic carbocycles. The minimum atomic E-state index is -1.07. The van der Waals surface area contributed by atoms with Crippen molar-refractivity contribution in [1.29, 1.82) is 0 Å². The van der Waals surface area contributed by atoms with Crippen LogP contribution in [-0.2, 0) is 9.47 Å². The molecule has 0 radical (unpaired) electrons. The van der Waals surface area contributed by atoms with Crippen LogP contribution >= 0.6 is 0 Å². The van der Waals surface area contributed by atoms with Gasteiger partial charge in [-0.05, 0) is 13.3 Å². The highest BCUT2D eigenvalue weighted by atomic mass is 19.1. The van der Waals surface area contributed by atoms with E-state index in [0.29, 0.717) is 5.92 Å².